The van der Waals surface area contributed by atoms with Crippen LogP contribution in [0.25, 0.3) is 0 Å². The molecule has 1 aromatic rings. The predicted molar refractivity (Wildman–Crippen MR) is 73.3 cm³/mol. The number of nitrogens with zero attached hydrogens (tertiary/aromatic N) is 4. The monoisotopic (exact) mass is 284 g/mol. The molecule has 0 aromatic carbocycles. The van der Waals surface area contributed by atoms with Gasteiger partial charge < -0.3 is 15.5 Å². The average Bonchev–Trinajstić information content (AvgIpc) is 2.90. The van der Waals surface area contributed by atoms with Gasteiger partial charge in [0.1, 0.15) is 6.04 Å². The zero-order valence-electron chi connectivity index (χ0n) is 11.0. The average molecular weight is 285 g/mol. The minimum Gasteiger partial charge on any atom is -0.357 e. The third-order valence-corrected chi connectivity index (χ3v) is 3.13. The Balaban J connectivity index is 2.03. The van der Waals surface area contributed by atoms with Gasteiger partial charge in [-0.05, 0) is 31.4 Å². The predicted octanol–water partition coefficient (Wildman–Crippen LogP) is 0.989. The minimum atomic E-state index is -0.388. The lowest BCUT2D eigenvalue weighted by atomic mass is 10.3. The molecule has 1 aliphatic heterocycles. The maximum absolute atomic E-state index is 12.1. The molecule has 19 heavy (non-hydrogen) atoms. The van der Waals surface area contributed by atoms with Crippen LogP contribution < -0.4 is 10.6 Å². The van der Waals surface area contributed by atoms with Crippen LogP contribution in [0.5, 0.6) is 0 Å². The van der Waals surface area contributed by atoms with E-state index in [1.807, 2.05) is 4.90 Å². The van der Waals surface area contributed by atoms with Crippen LogP contribution in [-0.2, 0) is 4.79 Å². The molecule has 2 N–H and O–H groups in total. The van der Waals surface area contributed by atoms with Crippen molar-refractivity contribution in [3.05, 3.63) is 5.28 Å². The van der Waals surface area contributed by atoms with E-state index in [9.17, 15) is 4.79 Å². The zero-order chi connectivity index (χ0) is 13.8. The first-order valence-corrected chi connectivity index (χ1v) is 6.62. The van der Waals surface area contributed by atoms with Gasteiger partial charge in [-0.3, -0.25) is 4.79 Å². The number of nitrogens with one attached hydrogen (secondary N) is 2. The molecule has 1 atom stereocenters. The highest BCUT2D eigenvalue weighted by Gasteiger charge is 2.23. The summed E-state index contributed by atoms with van der Waals surface area (Å²) in [6, 6.07) is -0.388. The van der Waals surface area contributed by atoms with Crippen LogP contribution in [0.1, 0.15) is 19.8 Å². The summed E-state index contributed by atoms with van der Waals surface area (Å²) in [6.45, 7) is 3.44. The molecule has 1 aromatic heterocycles. The molecule has 1 saturated heterocycles. The highest BCUT2D eigenvalue weighted by Crippen LogP contribution is 2.13. The van der Waals surface area contributed by atoms with Gasteiger partial charge in [0.05, 0.1) is 0 Å². The Morgan fingerprint density at radius 2 is 1.89 bits per heavy atom. The van der Waals surface area contributed by atoms with Gasteiger partial charge in [-0.25, -0.2) is 0 Å². The summed E-state index contributed by atoms with van der Waals surface area (Å²) in [5.74, 6) is 0.716. The number of rotatable bonds is 4. The molecule has 2 heterocycles. The summed E-state index contributed by atoms with van der Waals surface area (Å²) in [5, 5.41) is 5.83. The normalized spacial score (nSPS) is 16.3. The van der Waals surface area contributed by atoms with Gasteiger partial charge in [0, 0.05) is 20.1 Å². The maximum Gasteiger partial charge on any atom is 0.244 e. The molecule has 1 unspecified atom stereocenters. The van der Waals surface area contributed by atoms with Crippen molar-refractivity contribution in [2.24, 2.45) is 0 Å². The SMILES string of the molecule is CNc1nc(Cl)nc(NC(C)C(=O)N2CCCC2)n1. The van der Waals surface area contributed by atoms with Crippen molar-refractivity contribution in [3.8, 4) is 0 Å². The van der Waals surface area contributed by atoms with E-state index in [1.165, 1.54) is 0 Å². The molecular formula is C11H17ClN6O. The minimum absolute atomic E-state index is 0.0556. The second kappa shape index (κ2) is 6.01. The van der Waals surface area contributed by atoms with Crippen LogP contribution in [0.4, 0.5) is 11.9 Å². The number of anilines is 2. The number of carbonyl (C=O) groups excluding carboxylic acids is 1. The topological polar surface area (TPSA) is 83.0 Å². The van der Waals surface area contributed by atoms with E-state index in [1.54, 1.807) is 14.0 Å². The highest BCUT2D eigenvalue weighted by atomic mass is 35.5. The molecule has 2 rings (SSSR count). The van der Waals surface area contributed by atoms with Crippen LogP contribution >= 0.6 is 11.6 Å². The number of aromatic nitrogens is 3. The summed E-state index contributed by atoms with van der Waals surface area (Å²) in [7, 11) is 1.69. The van der Waals surface area contributed by atoms with Gasteiger partial charge in [-0.2, -0.15) is 15.0 Å². The van der Waals surface area contributed by atoms with Crippen molar-refractivity contribution in [2.45, 2.75) is 25.8 Å². The first-order valence-electron chi connectivity index (χ1n) is 6.25. The van der Waals surface area contributed by atoms with E-state index in [0.717, 1.165) is 25.9 Å². The Bertz CT molecular complexity index is 462. The Kier molecular flexibility index (Phi) is 4.36. The van der Waals surface area contributed by atoms with Crippen molar-refractivity contribution < 1.29 is 4.79 Å². The molecule has 0 spiro atoms. The van der Waals surface area contributed by atoms with Gasteiger partial charge in [0.15, 0.2) is 0 Å². The molecule has 1 fully saturated rings. The number of amides is 1. The molecule has 8 heteroatoms. The fourth-order valence-electron chi connectivity index (χ4n) is 1.99. The summed E-state index contributed by atoms with van der Waals surface area (Å²) in [6.07, 6.45) is 2.14. The molecule has 0 aliphatic carbocycles. The Morgan fingerprint density at radius 1 is 1.26 bits per heavy atom. The van der Waals surface area contributed by atoms with Crippen molar-refractivity contribution >= 4 is 29.4 Å². The number of halogens is 1. The molecule has 0 radical (unpaired) electrons. The van der Waals surface area contributed by atoms with E-state index in [2.05, 4.69) is 25.6 Å². The van der Waals surface area contributed by atoms with Crippen molar-refractivity contribution in [1.29, 1.82) is 0 Å². The second-order valence-electron chi connectivity index (χ2n) is 4.40. The van der Waals surface area contributed by atoms with Gasteiger partial charge in [-0.1, -0.05) is 0 Å². The molecule has 1 aliphatic rings. The van der Waals surface area contributed by atoms with E-state index in [0.29, 0.717) is 11.9 Å². The third kappa shape index (κ3) is 3.44. The zero-order valence-corrected chi connectivity index (χ0v) is 11.7. The van der Waals surface area contributed by atoms with Gasteiger partial charge in [-0.15, -0.1) is 0 Å². The highest BCUT2D eigenvalue weighted by molar-refractivity contribution is 6.28. The number of carbonyl (C=O) groups is 1. The van der Waals surface area contributed by atoms with E-state index < -0.39 is 0 Å². The molecule has 0 saturated carbocycles. The Labute approximate surface area is 116 Å². The number of hydrogen-bond donors (Lipinski definition) is 2. The van der Waals surface area contributed by atoms with Crippen molar-refractivity contribution in [1.82, 2.24) is 19.9 Å². The largest absolute Gasteiger partial charge is 0.357 e. The number of likely N-dealkylation sites (tertiary alicyclic amines) is 1. The van der Waals surface area contributed by atoms with Gasteiger partial charge in [0.2, 0.25) is 23.1 Å². The lowest BCUT2D eigenvalue weighted by Gasteiger charge is -2.21. The van der Waals surface area contributed by atoms with Crippen LogP contribution in [0, 0.1) is 0 Å². The molecule has 104 valence electrons. The fourth-order valence-corrected chi connectivity index (χ4v) is 2.15. The standard InChI is InChI=1S/C11H17ClN6O/c1-7(8(19)18-5-3-4-6-18)14-11-16-9(12)15-10(13-2)17-11/h7H,3-6H2,1-2H3,(H2,13,14,15,16,17). The molecule has 7 nitrogen and oxygen atoms in total. The second-order valence-corrected chi connectivity index (χ2v) is 4.74. The van der Waals surface area contributed by atoms with Gasteiger partial charge >= 0.3 is 0 Å². The molecule has 1 amide bonds. The van der Waals surface area contributed by atoms with Crippen LogP contribution in [0.3, 0.4) is 0 Å². The first kappa shape index (κ1) is 13.8. The van der Waals surface area contributed by atoms with E-state index >= 15 is 0 Å². The van der Waals surface area contributed by atoms with Crippen molar-refractivity contribution in [3.63, 3.8) is 0 Å². The lowest BCUT2D eigenvalue weighted by Crippen LogP contribution is -2.40. The van der Waals surface area contributed by atoms with E-state index in [-0.39, 0.29) is 17.2 Å². The summed E-state index contributed by atoms with van der Waals surface area (Å²) in [5.41, 5.74) is 0. The van der Waals surface area contributed by atoms with Crippen LogP contribution in [0.15, 0.2) is 0 Å². The smallest absolute Gasteiger partial charge is 0.244 e. The van der Waals surface area contributed by atoms with Gasteiger partial charge in [0.25, 0.3) is 0 Å². The summed E-state index contributed by atoms with van der Waals surface area (Å²) in [4.78, 5) is 25.9. The van der Waals surface area contributed by atoms with Crippen molar-refractivity contribution in [2.75, 3.05) is 30.8 Å². The summed E-state index contributed by atoms with van der Waals surface area (Å²) >= 11 is 5.78. The lowest BCUT2D eigenvalue weighted by molar-refractivity contribution is -0.130. The molecule has 0 bridgehead atoms. The Morgan fingerprint density at radius 3 is 2.53 bits per heavy atom. The quantitative estimate of drug-likeness (QED) is 0.858. The maximum atomic E-state index is 12.1. The Hall–Kier alpha value is -1.63. The van der Waals surface area contributed by atoms with E-state index in [4.69, 9.17) is 11.6 Å². The number of hydrogen-bond acceptors (Lipinski definition) is 6. The van der Waals surface area contributed by atoms with Crippen LogP contribution in [0.2, 0.25) is 5.28 Å². The first-order chi connectivity index (χ1) is 9.10. The third-order valence-electron chi connectivity index (χ3n) is 2.97. The fraction of sp³-hybridized carbons (Fsp3) is 0.636. The van der Waals surface area contributed by atoms with Crippen LogP contribution in [-0.4, -0.2) is 51.9 Å². The molecular weight excluding hydrogens is 268 g/mol. The summed E-state index contributed by atoms with van der Waals surface area (Å²) < 4.78 is 0.